The van der Waals surface area contributed by atoms with E-state index in [2.05, 4.69) is 5.32 Å². The first-order valence-electron chi connectivity index (χ1n) is 2.89. The van der Waals surface area contributed by atoms with Crippen LogP contribution in [-0.2, 0) is 0 Å². The Kier molecular flexibility index (Phi) is 3.51. The van der Waals surface area contributed by atoms with Crippen molar-refractivity contribution in [2.24, 2.45) is 5.73 Å². The summed E-state index contributed by atoms with van der Waals surface area (Å²) in [6, 6.07) is 0.378. The summed E-state index contributed by atoms with van der Waals surface area (Å²) >= 11 is 0. The number of hydrogen-bond donors (Lipinski definition) is 3. The molecule has 0 heterocycles. The lowest BCUT2D eigenvalue weighted by Gasteiger charge is -2.02. The highest BCUT2D eigenvalue weighted by Crippen LogP contribution is 1.77. The maximum Gasteiger partial charge on any atom is 0.0652 e. The minimum Gasteiger partial charge on any atom is -0.396 e. The van der Waals surface area contributed by atoms with Gasteiger partial charge in [0.1, 0.15) is 0 Å². The zero-order valence-corrected chi connectivity index (χ0v) is 5.81. The zero-order valence-electron chi connectivity index (χ0n) is 5.81. The van der Waals surface area contributed by atoms with Crippen molar-refractivity contribution in [2.45, 2.75) is 19.9 Å². The minimum atomic E-state index is 0.378. The molecule has 0 aliphatic heterocycles. The lowest BCUT2D eigenvalue weighted by Crippen LogP contribution is -2.18. The van der Waals surface area contributed by atoms with E-state index >= 15 is 0 Å². The lowest BCUT2D eigenvalue weighted by atomic mass is 10.4. The molecule has 0 aromatic carbocycles. The van der Waals surface area contributed by atoms with Crippen LogP contribution in [0, 0.1) is 5.41 Å². The molecule has 0 atom stereocenters. The molecule has 0 aliphatic carbocycles. The second-order valence-electron chi connectivity index (χ2n) is 2.11. The molecular weight excluding hydrogens is 114 g/mol. The highest BCUT2D eigenvalue weighted by molar-refractivity contribution is 5.73. The van der Waals surface area contributed by atoms with E-state index in [0.717, 1.165) is 6.21 Å². The molecule has 0 aromatic rings. The molecule has 0 spiro atoms. The van der Waals surface area contributed by atoms with E-state index in [1.54, 1.807) is 6.20 Å². The zero-order chi connectivity index (χ0) is 7.28. The SMILES string of the molecule is CC(C)N/C=C(/N)C=N. The van der Waals surface area contributed by atoms with Crippen molar-refractivity contribution >= 4 is 6.21 Å². The van der Waals surface area contributed by atoms with Crippen LogP contribution in [0.25, 0.3) is 0 Å². The van der Waals surface area contributed by atoms with Gasteiger partial charge in [-0.25, -0.2) is 0 Å². The van der Waals surface area contributed by atoms with Gasteiger partial charge in [-0.15, -0.1) is 0 Å². The van der Waals surface area contributed by atoms with Crippen molar-refractivity contribution in [2.75, 3.05) is 0 Å². The molecule has 0 amide bonds. The Morgan fingerprint density at radius 1 is 1.67 bits per heavy atom. The summed E-state index contributed by atoms with van der Waals surface area (Å²) < 4.78 is 0. The van der Waals surface area contributed by atoms with Crippen LogP contribution in [0.4, 0.5) is 0 Å². The number of rotatable bonds is 3. The van der Waals surface area contributed by atoms with Gasteiger partial charge in [-0.2, -0.15) is 0 Å². The molecule has 0 fully saturated rings. The first-order valence-corrected chi connectivity index (χ1v) is 2.89. The topological polar surface area (TPSA) is 61.9 Å². The maximum absolute atomic E-state index is 6.69. The predicted molar refractivity (Wildman–Crippen MR) is 39.3 cm³/mol. The lowest BCUT2D eigenvalue weighted by molar-refractivity contribution is 0.700. The van der Waals surface area contributed by atoms with Crippen LogP contribution in [0.15, 0.2) is 11.9 Å². The first-order chi connectivity index (χ1) is 4.16. The quantitative estimate of drug-likeness (QED) is 0.481. The van der Waals surface area contributed by atoms with Gasteiger partial charge in [0, 0.05) is 18.5 Å². The average molecular weight is 127 g/mol. The van der Waals surface area contributed by atoms with Crippen LogP contribution in [0.1, 0.15) is 13.8 Å². The molecule has 0 saturated heterocycles. The Morgan fingerprint density at radius 2 is 2.22 bits per heavy atom. The molecule has 9 heavy (non-hydrogen) atoms. The second kappa shape index (κ2) is 3.95. The Bertz CT molecular complexity index is 115. The fraction of sp³-hybridized carbons (Fsp3) is 0.500. The Labute approximate surface area is 55.4 Å². The predicted octanol–water partition coefficient (Wildman–Crippen LogP) is 0.434. The van der Waals surface area contributed by atoms with Crippen LogP contribution in [-0.4, -0.2) is 12.3 Å². The van der Waals surface area contributed by atoms with E-state index < -0.39 is 0 Å². The first kappa shape index (κ1) is 8.01. The molecular formula is C6H13N3. The number of nitrogens with one attached hydrogen (secondary N) is 2. The van der Waals surface area contributed by atoms with E-state index in [4.69, 9.17) is 11.1 Å². The van der Waals surface area contributed by atoms with Crippen LogP contribution in [0.3, 0.4) is 0 Å². The highest BCUT2D eigenvalue weighted by atomic mass is 14.9. The summed E-state index contributed by atoms with van der Waals surface area (Å²) in [7, 11) is 0. The molecule has 0 saturated carbocycles. The van der Waals surface area contributed by atoms with Gasteiger partial charge < -0.3 is 16.5 Å². The van der Waals surface area contributed by atoms with Gasteiger partial charge in [0.25, 0.3) is 0 Å². The summed E-state index contributed by atoms with van der Waals surface area (Å²) in [6.45, 7) is 4.02. The van der Waals surface area contributed by atoms with Crippen molar-refractivity contribution in [1.82, 2.24) is 5.32 Å². The van der Waals surface area contributed by atoms with E-state index in [9.17, 15) is 0 Å². The van der Waals surface area contributed by atoms with E-state index in [-0.39, 0.29) is 0 Å². The molecule has 0 unspecified atom stereocenters. The second-order valence-corrected chi connectivity index (χ2v) is 2.11. The standard InChI is InChI=1S/C6H13N3/c1-5(2)9-4-6(8)3-7/h3-5,7,9H,8H2,1-2H3/b6-4+,7-3?. The van der Waals surface area contributed by atoms with E-state index in [1.165, 1.54) is 0 Å². The summed E-state index contributed by atoms with van der Waals surface area (Å²) in [5, 5.41) is 9.65. The fourth-order valence-electron chi connectivity index (χ4n) is 0.305. The summed E-state index contributed by atoms with van der Waals surface area (Å²) in [6.07, 6.45) is 2.73. The molecule has 0 radical (unpaired) electrons. The van der Waals surface area contributed by atoms with Gasteiger partial charge in [-0.3, -0.25) is 0 Å². The third kappa shape index (κ3) is 4.87. The Balaban J connectivity index is 3.56. The maximum atomic E-state index is 6.69. The van der Waals surface area contributed by atoms with E-state index in [1.807, 2.05) is 13.8 Å². The summed E-state index contributed by atoms with van der Waals surface area (Å²) in [4.78, 5) is 0. The normalized spacial score (nSPS) is 11.7. The molecule has 0 aromatic heterocycles. The van der Waals surface area contributed by atoms with Gasteiger partial charge in [-0.1, -0.05) is 0 Å². The number of hydrogen-bond acceptors (Lipinski definition) is 3. The fourth-order valence-corrected chi connectivity index (χ4v) is 0.305. The smallest absolute Gasteiger partial charge is 0.0652 e. The molecule has 3 nitrogen and oxygen atoms in total. The molecule has 3 heteroatoms. The van der Waals surface area contributed by atoms with Gasteiger partial charge >= 0.3 is 0 Å². The third-order valence-electron chi connectivity index (χ3n) is 0.750. The van der Waals surface area contributed by atoms with Gasteiger partial charge in [0.05, 0.1) is 5.70 Å². The highest BCUT2D eigenvalue weighted by Gasteiger charge is 1.85. The largest absolute Gasteiger partial charge is 0.396 e. The Morgan fingerprint density at radius 3 is 2.56 bits per heavy atom. The van der Waals surface area contributed by atoms with Crippen molar-refractivity contribution in [3.8, 4) is 0 Å². The molecule has 0 rings (SSSR count). The summed E-state index contributed by atoms with van der Waals surface area (Å²) in [5.74, 6) is 0. The summed E-state index contributed by atoms with van der Waals surface area (Å²) in [5.41, 5.74) is 5.72. The average Bonchev–Trinajstić information content (AvgIpc) is 1.83. The molecule has 0 bridgehead atoms. The van der Waals surface area contributed by atoms with Crippen LogP contribution in [0.2, 0.25) is 0 Å². The minimum absolute atomic E-state index is 0.378. The Hall–Kier alpha value is -0.990. The number of nitrogens with two attached hydrogens (primary N) is 1. The van der Waals surface area contributed by atoms with Gasteiger partial charge in [0.2, 0.25) is 0 Å². The molecule has 0 aliphatic rings. The van der Waals surface area contributed by atoms with Crippen molar-refractivity contribution in [3.05, 3.63) is 11.9 Å². The van der Waals surface area contributed by atoms with Crippen LogP contribution in [0.5, 0.6) is 0 Å². The molecule has 4 N–H and O–H groups in total. The van der Waals surface area contributed by atoms with Gasteiger partial charge in [-0.05, 0) is 13.8 Å². The van der Waals surface area contributed by atoms with E-state index in [0.29, 0.717) is 11.7 Å². The van der Waals surface area contributed by atoms with Crippen molar-refractivity contribution < 1.29 is 0 Å². The monoisotopic (exact) mass is 127 g/mol. The third-order valence-corrected chi connectivity index (χ3v) is 0.750. The van der Waals surface area contributed by atoms with Gasteiger partial charge in [0.15, 0.2) is 0 Å². The van der Waals surface area contributed by atoms with Crippen molar-refractivity contribution in [1.29, 1.82) is 5.41 Å². The van der Waals surface area contributed by atoms with Crippen LogP contribution >= 0.6 is 0 Å². The van der Waals surface area contributed by atoms with Crippen molar-refractivity contribution in [3.63, 3.8) is 0 Å². The molecule has 52 valence electrons. The van der Waals surface area contributed by atoms with Crippen LogP contribution < -0.4 is 11.1 Å². The number of allylic oxidation sites excluding steroid dienone is 1.